The number of halogens is 3. The topological polar surface area (TPSA) is 37.8 Å². The molecule has 2 aromatic heterocycles. The van der Waals surface area contributed by atoms with Crippen molar-refractivity contribution in [1.29, 1.82) is 0 Å². The highest BCUT2D eigenvalue weighted by Crippen LogP contribution is 2.26. The molecule has 0 saturated heterocycles. The highest BCUT2D eigenvalue weighted by atomic mass is 32.1. The summed E-state index contributed by atoms with van der Waals surface area (Å²) in [5.74, 6) is 0. The monoisotopic (exact) mass is 322 g/mol. The van der Waals surface area contributed by atoms with Crippen LogP contribution in [0.4, 0.5) is 13.2 Å². The lowest BCUT2D eigenvalue weighted by molar-refractivity contribution is -0.135. The van der Waals surface area contributed by atoms with Crippen LogP contribution >= 0.6 is 23.6 Å². The second-order valence-electron chi connectivity index (χ2n) is 4.59. The molecule has 0 saturated carbocycles. The van der Waals surface area contributed by atoms with E-state index in [9.17, 15) is 18.0 Å². The minimum atomic E-state index is -4.21. The molecule has 0 spiro atoms. The van der Waals surface area contributed by atoms with Gasteiger partial charge in [0.15, 0.2) is 4.77 Å². The Morgan fingerprint density at radius 1 is 1.35 bits per heavy atom. The molecule has 0 atom stereocenters. The van der Waals surface area contributed by atoms with Crippen LogP contribution in [0, 0.1) is 18.6 Å². The molecular formula is C12H13F3N2OS2. The number of aromatic nitrogens is 2. The van der Waals surface area contributed by atoms with Crippen molar-refractivity contribution in [3.05, 3.63) is 25.6 Å². The minimum absolute atomic E-state index is 0.0298. The van der Waals surface area contributed by atoms with E-state index in [1.54, 1.807) is 0 Å². The maximum absolute atomic E-state index is 12.3. The molecule has 0 unspecified atom stereocenters. The number of thiophene rings is 1. The summed E-state index contributed by atoms with van der Waals surface area (Å²) in [6.45, 7) is 3.69. The summed E-state index contributed by atoms with van der Waals surface area (Å²) in [4.78, 5) is 16.9. The Hall–Kier alpha value is -1.15. The molecule has 0 amide bonds. The van der Waals surface area contributed by atoms with Crippen LogP contribution in [-0.2, 0) is 6.54 Å². The summed E-state index contributed by atoms with van der Waals surface area (Å²) in [5.41, 5.74) is 0.540. The van der Waals surface area contributed by atoms with E-state index in [4.69, 9.17) is 12.2 Å². The number of H-pyrrole nitrogens is 1. The standard InChI is InChI=1S/C12H13F3N2OS2/c1-6-7(2)20-9-8(6)10(18)17(11(19)16-9)5-3-4-12(13,14)15/h3-5H2,1-2H3,(H,16,19). The van der Waals surface area contributed by atoms with Crippen LogP contribution in [0.1, 0.15) is 23.3 Å². The van der Waals surface area contributed by atoms with Crippen molar-refractivity contribution in [2.75, 3.05) is 0 Å². The van der Waals surface area contributed by atoms with E-state index < -0.39 is 12.6 Å². The van der Waals surface area contributed by atoms with Crippen LogP contribution in [0.3, 0.4) is 0 Å². The van der Waals surface area contributed by atoms with Crippen molar-refractivity contribution >= 4 is 33.8 Å². The molecule has 20 heavy (non-hydrogen) atoms. The fraction of sp³-hybridized carbons (Fsp3) is 0.500. The Morgan fingerprint density at radius 3 is 2.60 bits per heavy atom. The number of nitrogens with zero attached hydrogens (tertiary/aromatic N) is 1. The molecule has 2 heterocycles. The van der Waals surface area contributed by atoms with Gasteiger partial charge in [0.25, 0.3) is 5.56 Å². The van der Waals surface area contributed by atoms with Gasteiger partial charge < -0.3 is 4.98 Å². The second kappa shape index (κ2) is 5.33. The first kappa shape index (κ1) is 15.2. The van der Waals surface area contributed by atoms with Gasteiger partial charge in [-0.25, -0.2) is 0 Å². The summed E-state index contributed by atoms with van der Waals surface area (Å²) < 4.78 is 37.9. The first-order valence-electron chi connectivity index (χ1n) is 6.00. The van der Waals surface area contributed by atoms with Gasteiger partial charge in [0, 0.05) is 17.8 Å². The van der Waals surface area contributed by atoms with Crippen LogP contribution in [0.25, 0.3) is 10.2 Å². The van der Waals surface area contributed by atoms with Gasteiger partial charge in [0.2, 0.25) is 0 Å². The summed E-state index contributed by atoms with van der Waals surface area (Å²) in [6, 6.07) is 0. The Labute approximate surface area is 122 Å². The SMILES string of the molecule is Cc1sc2[nH]c(=S)n(CCCC(F)(F)F)c(=O)c2c1C. The predicted octanol–water partition coefficient (Wildman–Crippen LogP) is 4.08. The molecule has 3 nitrogen and oxygen atoms in total. The summed E-state index contributed by atoms with van der Waals surface area (Å²) >= 11 is 6.49. The van der Waals surface area contributed by atoms with E-state index in [0.717, 1.165) is 10.4 Å². The minimum Gasteiger partial charge on any atom is -0.323 e. The van der Waals surface area contributed by atoms with Gasteiger partial charge in [0.1, 0.15) is 4.83 Å². The predicted molar refractivity (Wildman–Crippen MR) is 76.0 cm³/mol. The second-order valence-corrected chi connectivity index (χ2v) is 6.20. The fourth-order valence-electron chi connectivity index (χ4n) is 2.01. The average Bonchev–Trinajstić information content (AvgIpc) is 2.58. The number of alkyl halides is 3. The van der Waals surface area contributed by atoms with Crippen LogP contribution in [0.2, 0.25) is 0 Å². The third-order valence-corrected chi connectivity index (χ3v) is 4.60. The van der Waals surface area contributed by atoms with Crippen LogP contribution < -0.4 is 5.56 Å². The molecule has 0 aliphatic heterocycles. The highest BCUT2D eigenvalue weighted by Gasteiger charge is 2.26. The third-order valence-electron chi connectivity index (χ3n) is 3.15. The van der Waals surface area contributed by atoms with Gasteiger partial charge in [0.05, 0.1) is 5.39 Å². The smallest absolute Gasteiger partial charge is 0.323 e. The molecule has 2 aromatic rings. The molecule has 0 aliphatic rings. The number of aromatic amines is 1. The van der Waals surface area contributed by atoms with E-state index in [2.05, 4.69) is 4.98 Å². The van der Waals surface area contributed by atoms with Crippen LogP contribution in [0.5, 0.6) is 0 Å². The van der Waals surface area contributed by atoms with Crippen molar-refractivity contribution in [2.24, 2.45) is 0 Å². The number of hydrogen-bond acceptors (Lipinski definition) is 3. The summed E-state index contributed by atoms with van der Waals surface area (Å²) in [6.07, 6.45) is -5.30. The molecule has 0 radical (unpaired) electrons. The Morgan fingerprint density at radius 2 is 2.00 bits per heavy atom. The van der Waals surface area contributed by atoms with Gasteiger partial charge >= 0.3 is 6.18 Å². The normalized spacial score (nSPS) is 12.2. The highest BCUT2D eigenvalue weighted by molar-refractivity contribution is 7.71. The largest absolute Gasteiger partial charge is 0.389 e. The van der Waals surface area contributed by atoms with Crippen LogP contribution in [-0.4, -0.2) is 15.7 Å². The zero-order valence-electron chi connectivity index (χ0n) is 10.9. The molecule has 1 N–H and O–H groups in total. The number of rotatable bonds is 3. The van der Waals surface area contributed by atoms with Crippen molar-refractivity contribution in [2.45, 2.75) is 39.4 Å². The molecule has 0 fully saturated rings. The first-order valence-corrected chi connectivity index (χ1v) is 7.23. The van der Waals surface area contributed by atoms with Crippen molar-refractivity contribution in [3.63, 3.8) is 0 Å². The lowest BCUT2D eigenvalue weighted by Crippen LogP contribution is -2.23. The maximum atomic E-state index is 12.3. The van der Waals surface area contributed by atoms with E-state index in [1.165, 1.54) is 15.9 Å². The molecule has 0 aromatic carbocycles. The van der Waals surface area contributed by atoms with Crippen molar-refractivity contribution in [3.8, 4) is 0 Å². The van der Waals surface area contributed by atoms with Crippen LogP contribution in [0.15, 0.2) is 4.79 Å². The van der Waals surface area contributed by atoms with Gasteiger partial charge in [-0.2, -0.15) is 13.2 Å². The Kier molecular flexibility index (Phi) is 4.06. The number of fused-ring (bicyclic) bond motifs is 1. The lowest BCUT2D eigenvalue weighted by atomic mass is 10.2. The molecular weight excluding hydrogens is 309 g/mol. The Bertz CT molecular complexity index is 755. The van der Waals surface area contributed by atoms with Crippen molar-refractivity contribution < 1.29 is 13.2 Å². The van der Waals surface area contributed by atoms with Gasteiger partial charge in [-0.3, -0.25) is 9.36 Å². The van der Waals surface area contributed by atoms with Gasteiger partial charge in [-0.1, -0.05) is 0 Å². The molecule has 110 valence electrons. The van der Waals surface area contributed by atoms with Gasteiger partial charge in [-0.15, -0.1) is 11.3 Å². The van der Waals surface area contributed by atoms with E-state index in [1.807, 2.05) is 13.8 Å². The quantitative estimate of drug-likeness (QED) is 0.865. The maximum Gasteiger partial charge on any atom is 0.389 e. The van der Waals surface area contributed by atoms with E-state index in [-0.39, 0.29) is 23.3 Å². The van der Waals surface area contributed by atoms with Crippen molar-refractivity contribution in [1.82, 2.24) is 9.55 Å². The number of hydrogen-bond donors (Lipinski definition) is 1. The molecule has 8 heteroatoms. The van der Waals surface area contributed by atoms with E-state index in [0.29, 0.717) is 10.2 Å². The summed E-state index contributed by atoms with van der Waals surface area (Å²) in [5, 5.41) is 0.521. The fourth-order valence-corrected chi connectivity index (χ4v) is 3.40. The average molecular weight is 322 g/mol. The first-order chi connectivity index (χ1) is 9.20. The zero-order valence-corrected chi connectivity index (χ0v) is 12.6. The van der Waals surface area contributed by atoms with E-state index >= 15 is 0 Å². The summed E-state index contributed by atoms with van der Waals surface area (Å²) in [7, 11) is 0. The van der Waals surface area contributed by atoms with Gasteiger partial charge in [-0.05, 0) is 38.0 Å². The number of aryl methyl sites for hydroxylation is 2. The molecule has 2 rings (SSSR count). The number of nitrogens with one attached hydrogen (secondary N) is 1. The lowest BCUT2D eigenvalue weighted by Gasteiger charge is -2.08. The molecule has 0 bridgehead atoms. The Balaban J connectivity index is 2.42. The molecule has 0 aliphatic carbocycles. The zero-order chi connectivity index (χ0) is 15.1. The third kappa shape index (κ3) is 2.95.